The minimum absolute atomic E-state index is 0.0778. The third kappa shape index (κ3) is 3.60. The number of carbonyl (C=O) groups excluding carboxylic acids is 1. The van der Waals surface area contributed by atoms with Crippen LogP contribution in [-0.2, 0) is 4.79 Å². The predicted octanol–water partition coefficient (Wildman–Crippen LogP) is 3.43. The number of H-pyrrole nitrogens is 1. The second-order valence-corrected chi connectivity index (χ2v) is 7.74. The molecule has 0 radical (unpaired) electrons. The highest BCUT2D eigenvalue weighted by molar-refractivity contribution is 5.98. The Kier molecular flexibility index (Phi) is 5.05. The molecule has 3 aromatic rings. The van der Waals surface area contributed by atoms with E-state index in [-0.39, 0.29) is 11.9 Å². The number of imidazole rings is 1. The van der Waals surface area contributed by atoms with Crippen molar-refractivity contribution in [2.45, 2.75) is 18.9 Å². The molecular formula is C22H27N5O. The lowest BCUT2D eigenvalue weighted by molar-refractivity contribution is -0.117. The lowest BCUT2D eigenvalue weighted by Gasteiger charge is -2.26. The van der Waals surface area contributed by atoms with Gasteiger partial charge in [0.05, 0.1) is 23.4 Å². The van der Waals surface area contributed by atoms with Crippen molar-refractivity contribution < 1.29 is 4.79 Å². The van der Waals surface area contributed by atoms with E-state index in [4.69, 9.17) is 0 Å². The van der Waals surface area contributed by atoms with Crippen molar-refractivity contribution in [1.29, 1.82) is 0 Å². The fourth-order valence-corrected chi connectivity index (χ4v) is 3.83. The molecular weight excluding hydrogens is 350 g/mol. The first-order chi connectivity index (χ1) is 13.5. The summed E-state index contributed by atoms with van der Waals surface area (Å²) in [7, 11) is 6.29. The Morgan fingerprint density at radius 3 is 2.64 bits per heavy atom. The lowest BCUT2D eigenvalue weighted by atomic mass is 10.0. The average molecular weight is 377 g/mol. The maximum Gasteiger partial charge on any atom is 0.227 e. The normalized spacial score (nSPS) is 17.1. The largest absolute Gasteiger partial charge is 0.373 e. The Balaban J connectivity index is 1.56. The van der Waals surface area contributed by atoms with E-state index in [1.165, 1.54) is 11.3 Å². The number of hydrogen-bond donors (Lipinski definition) is 1. The summed E-state index contributed by atoms with van der Waals surface area (Å²) in [6, 6.07) is 14.7. The van der Waals surface area contributed by atoms with E-state index in [0.717, 1.165) is 36.2 Å². The zero-order valence-electron chi connectivity index (χ0n) is 16.7. The standard InChI is InChI=1S/C22H27N5O/c1-25(2)12-13-26(3)17-6-4-16(5-7-17)21-10-11-22(28)27(21)18-8-9-19-20(14-18)24-15-23-19/h4-9,14-15,21H,10-13H2,1-3H3,(H,23,24). The summed E-state index contributed by atoms with van der Waals surface area (Å²) in [5.41, 5.74) is 5.17. The van der Waals surface area contributed by atoms with Gasteiger partial charge in [-0.15, -0.1) is 0 Å². The minimum Gasteiger partial charge on any atom is -0.373 e. The van der Waals surface area contributed by atoms with Crippen LogP contribution in [0, 0.1) is 0 Å². The number of anilines is 2. The summed E-state index contributed by atoms with van der Waals surface area (Å²) in [4.78, 5) is 26.4. The summed E-state index contributed by atoms with van der Waals surface area (Å²) < 4.78 is 0. The predicted molar refractivity (Wildman–Crippen MR) is 114 cm³/mol. The lowest BCUT2D eigenvalue weighted by Crippen LogP contribution is -2.28. The van der Waals surface area contributed by atoms with E-state index in [1.54, 1.807) is 6.33 Å². The van der Waals surface area contributed by atoms with Crippen LogP contribution >= 0.6 is 0 Å². The van der Waals surface area contributed by atoms with Crippen molar-refractivity contribution in [1.82, 2.24) is 14.9 Å². The Labute approximate surface area is 165 Å². The van der Waals surface area contributed by atoms with Crippen LogP contribution in [-0.4, -0.2) is 55.0 Å². The third-order valence-corrected chi connectivity index (χ3v) is 5.50. The van der Waals surface area contributed by atoms with E-state index >= 15 is 0 Å². The first kappa shape index (κ1) is 18.5. The van der Waals surface area contributed by atoms with E-state index in [9.17, 15) is 4.79 Å². The molecule has 4 rings (SSSR count). The average Bonchev–Trinajstić information content (AvgIpc) is 3.31. The highest BCUT2D eigenvalue weighted by atomic mass is 16.2. The molecule has 1 N–H and O–H groups in total. The molecule has 1 aliphatic rings. The van der Waals surface area contributed by atoms with Gasteiger partial charge in [-0.3, -0.25) is 4.79 Å². The number of nitrogens with one attached hydrogen (secondary N) is 1. The monoisotopic (exact) mass is 377 g/mol. The van der Waals surface area contributed by atoms with Gasteiger partial charge in [-0.05, 0) is 56.4 Å². The molecule has 0 aliphatic carbocycles. The Bertz CT molecular complexity index is 962. The van der Waals surface area contributed by atoms with Gasteiger partial charge in [-0.2, -0.15) is 0 Å². The number of aromatic amines is 1. The molecule has 0 bridgehead atoms. The fraction of sp³-hybridized carbons (Fsp3) is 0.364. The summed E-state index contributed by atoms with van der Waals surface area (Å²) in [5, 5.41) is 0. The Hall–Kier alpha value is -2.86. The number of benzene rings is 2. The van der Waals surface area contributed by atoms with Gasteiger partial charge < -0.3 is 19.7 Å². The number of aromatic nitrogens is 2. The Morgan fingerprint density at radius 1 is 1.11 bits per heavy atom. The molecule has 2 aromatic carbocycles. The molecule has 1 saturated heterocycles. The zero-order chi connectivity index (χ0) is 19.7. The van der Waals surface area contributed by atoms with Crippen LogP contribution in [0.25, 0.3) is 11.0 Å². The van der Waals surface area contributed by atoms with Crippen LogP contribution in [0.2, 0.25) is 0 Å². The van der Waals surface area contributed by atoms with Crippen molar-refractivity contribution in [3.8, 4) is 0 Å². The third-order valence-electron chi connectivity index (χ3n) is 5.50. The second-order valence-electron chi connectivity index (χ2n) is 7.74. The molecule has 6 heteroatoms. The quantitative estimate of drug-likeness (QED) is 0.715. The van der Waals surface area contributed by atoms with E-state index < -0.39 is 0 Å². The molecule has 0 spiro atoms. The van der Waals surface area contributed by atoms with Crippen LogP contribution in [0.4, 0.5) is 11.4 Å². The number of rotatable bonds is 6. The topological polar surface area (TPSA) is 55.5 Å². The van der Waals surface area contributed by atoms with E-state index in [2.05, 4.69) is 65.2 Å². The zero-order valence-corrected chi connectivity index (χ0v) is 16.7. The highest BCUT2D eigenvalue weighted by Crippen LogP contribution is 2.38. The molecule has 1 unspecified atom stereocenters. The molecule has 2 heterocycles. The molecule has 0 saturated carbocycles. The van der Waals surface area contributed by atoms with Crippen LogP contribution in [0.15, 0.2) is 48.8 Å². The molecule has 146 valence electrons. The first-order valence-electron chi connectivity index (χ1n) is 9.74. The molecule has 1 atom stereocenters. The maximum atomic E-state index is 12.6. The number of amides is 1. The van der Waals surface area contributed by atoms with Crippen LogP contribution < -0.4 is 9.80 Å². The number of carbonyl (C=O) groups is 1. The van der Waals surface area contributed by atoms with Crippen molar-refractivity contribution in [3.63, 3.8) is 0 Å². The highest BCUT2D eigenvalue weighted by Gasteiger charge is 2.33. The van der Waals surface area contributed by atoms with Crippen molar-refractivity contribution >= 4 is 28.3 Å². The number of hydrogen-bond acceptors (Lipinski definition) is 4. The summed E-state index contributed by atoms with van der Waals surface area (Å²) in [5.74, 6) is 0.177. The van der Waals surface area contributed by atoms with Gasteiger partial charge in [0.1, 0.15) is 0 Å². The van der Waals surface area contributed by atoms with Gasteiger partial charge >= 0.3 is 0 Å². The van der Waals surface area contributed by atoms with Gasteiger partial charge in [0.2, 0.25) is 5.91 Å². The summed E-state index contributed by atoms with van der Waals surface area (Å²) >= 11 is 0. The van der Waals surface area contributed by atoms with Crippen LogP contribution in [0.1, 0.15) is 24.4 Å². The van der Waals surface area contributed by atoms with Crippen molar-refractivity contribution in [2.75, 3.05) is 44.0 Å². The number of fused-ring (bicyclic) bond motifs is 1. The molecule has 1 amide bonds. The summed E-state index contributed by atoms with van der Waals surface area (Å²) in [6.45, 7) is 1.99. The molecule has 28 heavy (non-hydrogen) atoms. The van der Waals surface area contributed by atoms with Gasteiger partial charge in [0.15, 0.2) is 0 Å². The van der Waals surface area contributed by atoms with E-state index in [0.29, 0.717) is 6.42 Å². The molecule has 1 fully saturated rings. The SMILES string of the molecule is CN(C)CCN(C)c1ccc(C2CCC(=O)N2c2ccc3nc[nH]c3c2)cc1. The van der Waals surface area contributed by atoms with Crippen molar-refractivity contribution in [3.05, 3.63) is 54.4 Å². The molecule has 6 nitrogen and oxygen atoms in total. The van der Waals surface area contributed by atoms with Crippen LogP contribution in [0.5, 0.6) is 0 Å². The summed E-state index contributed by atoms with van der Waals surface area (Å²) in [6.07, 6.45) is 3.11. The van der Waals surface area contributed by atoms with Crippen molar-refractivity contribution in [2.24, 2.45) is 0 Å². The van der Waals surface area contributed by atoms with E-state index in [1.807, 2.05) is 23.1 Å². The maximum absolute atomic E-state index is 12.6. The Morgan fingerprint density at radius 2 is 1.89 bits per heavy atom. The molecule has 1 aromatic heterocycles. The smallest absolute Gasteiger partial charge is 0.227 e. The van der Waals surface area contributed by atoms with Gasteiger partial charge in [-0.25, -0.2) is 4.98 Å². The van der Waals surface area contributed by atoms with Crippen LogP contribution in [0.3, 0.4) is 0 Å². The minimum atomic E-state index is 0.0778. The van der Waals surface area contributed by atoms with Gasteiger partial charge in [0.25, 0.3) is 0 Å². The van der Waals surface area contributed by atoms with Gasteiger partial charge in [0, 0.05) is 37.9 Å². The first-order valence-corrected chi connectivity index (χ1v) is 9.74. The fourth-order valence-electron chi connectivity index (χ4n) is 3.83. The molecule has 1 aliphatic heterocycles. The second kappa shape index (κ2) is 7.64. The number of nitrogens with zero attached hydrogens (tertiary/aromatic N) is 4. The van der Waals surface area contributed by atoms with Gasteiger partial charge in [-0.1, -0.05) is 12.1 Å². The number of likely N-dealkylation sites (N-methyl/N-ethyl adjacent to an activating group) is 2.